The number of carbonyl (C=O) groups excluding carboxylic acids is 2. The van der Waals surface area contributed by atoms with Gasteiger partial charge in [-0.05, 0) is 73.3 Å². The summed E-state index contributed by atoms with van der Waals surface area (Å²) in [4.78, 5) is 45.5. The van der Waals surface area contributed by atoms with Gasteiger partial charge >= 0.3 is 7.82 Å². The smallest absolute Gasteiger partial charge is 0.398 e. The first-order chi connectivity index (χ1) is 22.7. The number of anilines is 1. The SMILES string of the molecule is C[C@]12C=CC(=O)C=C1CC[C@@H]1[C@@H]2[C@@H](O)C[C@@]2(C)[C@H]1C[C@H]1O[C@@H](c3cccc(Cc4ccc(CO)c(N)c4)c3)O[C@]12C(=O)COP(=O)(O)O. The molecule has 0 amide bonds. The summed E-state index contributed by atoms with van der Waals surface area (Å²) in [5.74, 6) is -1.00. The maximum atomic E-state index is 14.3. The lowest BCUT2D eigenvalue weighted by Crippen LogP contribution is -2.63. The Bertz CT molecular complexity index is 1770. The molecule has 2 aromatic carbocycles. The van der Waals surface area contributed by atoms with Crippen LogP contribution in [0, 0.1) is 28.6 Å². The van der Waals surface area contributed by atoms with Crippen molar-refractivity contribution in [2.45, 2.75) is 76.7 Å². The van der Waals surface area contributed by atoms with Crippen LogP contribution in [0.4, 0.5) is 5.69 Å². The van der Waals surface area contributed by atoms with Crippen LogP contribution in [0.5, 0.6) is 0 Å². The molecule has 12 heteroatoms. The maximum Gasteiger partial charge on any atom is 0.470 e. The van der Waals surface area contributed by atoms with Gasteiger partial charge < -0.3 is 35.2 Å². The van der Waals surface area contributed by atoms with Crippen LogP contribution in [-0.4, -0.2) is 56.0 Å². The van der Waals surface area contributed by atoms with E-state index < -0.39 is 55.1 Å². The van der Waals surface area contributed by atoms with E-state index in [2.05, 4.69) is 6.92 Å². The normalized spacial score (nSPS) is 37.0. The number of hydrogen-bond donors (Lipinski definition) is 5. The van der Waals surface area contributed by atoms with Gasteiger partial charge in [0.25, 0.3) is 0 Å². The van der Waals surface area contributed by atoms with Crippen LogP contribution in [0.15, 0.2) is 66.3 Å². The highest BCUT2D eigenvalue weighted by atomic mass is 31.2. The summed E-state index contributed by atoms with van der Waals surface area (Å²) in [5, 5.41) is 21.4. The third kappa shape index (κ3) is 5.27. The summed E-state index contributed by atoms with van der Waals surface area (Å²) in [6.07, 6.45) is 5.24. The summed E-state index contributed by atoms with van der Waals surface area (Å²) < 4.78 is 29.8. The Hall–Kier alpha value is -2.99. The molecule has 2 aromatic rings. The van der Waals surface area contributed by atoms with Crippen LogP contribution in [-0.2, 0) is 41.2 Å². The first kappa shape index (κ1) is 33.5. The number of benzene rings is 2. The van der Waals surface area contributed by atoms with Crippen molar-refractivity contribution in [2.75, 3.05) is 12.3 Å². The van der Waals surface area contributed by atoms with Crippen molar-refractivity contribution in [3.8, 4) is 0 Å². The Labute approximate surface area is 279 Å². The maximum absolute atomic E-state index is 14.3. The molecule has 48 heavy (non-hydrogen) atoms. The van der Waals surface area contributed by atoms with E-state index >= 15 is 0 Å². The van der Waals surface area contributed by atoms with Crippen molar-refractivity contribution in [1.29, 1.82) is 0 Å². The van der Waals surface area contributed by atoms with Crippen molar-refractivity contribution < 1.29 is 48.2 Å². The summed E-state index contributed by atoms with van der Waals surface area (Å²) in [5.41, 5.74) is 7.74. The number of phosphoric acid groups is 1. The van der Waals surface area contributed by atoms with Gasteiger partial charge in [0.05, 0.1) is 18.8 Å². The average molecular weight is 680 g/mol. The zero-order valence-corrected chi connectivity index (χ0v) is 27.8. The molecule has 256 valence electrons. The zero-order valence-electron chi connectivity index (χ0n) is 27.0. The molecule has 0 unspecified atom stereocenters. The molecule has 3 saturated carbocycles. The summed E-state index contributed by atoms with van der Waals surface area (Å²) >= 11 is 0. The zero-order chi connectivity index (χ0) is 34.2. The predicted molar refractivity (Wildman–Crippen MR) is 174 cm³/mol. The molecule has 6 N–H and O–H groups in total. The highest BCUT2D eigenvalue weighted by Gasteiger charge is 2.76. The first-order valence-corrected chi connectivity index (χ1v) is 18.0. The van der Waals surface area contributed by atoms with Gasteiger partial charge in [-0.1, -0.05) is 61.9 Å². The highest BCUT2D eigenvalue weighted by molar-refractivity contribution is 7.46. The lowest BCUT2D eigenvalue weighted by Gasteiger charge is -2.59. The third-order valence-corrected chi connectivity index (χ3v) is 12.5. The van der Waals surface area contributed by atoms with E-state index in [-0.39, 0.29) is 36.6 Å². The second-order valence-electron chi connectivity index (χ2n) is 14.6. The molecule has 1 saturated heterocycles. The summed E-state index contributed by atoms with van der Waals surface area (Å²) in [6.45, 7) is 2.99. The standard InChI is InChI=1S/C36H42NO10P/c1-34-11-10-25(39)15-24(34)8-9-26-27-16-31-36(30(41)19-45-48(42,43)44,35(27,2)17-29(40)32(26)34)47-33(46-31)22-5-3-4-20(13-22)12-21-6-7-23(18-38)28(37)14-21/h3-7,10-11,13-15,26-27,29,31-33,38,40H,8-9,12,16-19,37H2,1-2H3,(H2,42,43,44)/t26-,27-,29-,31+,32+,33+,34-,35-,36+/m0/s1. The van der Waals surface area contributed by atoms with Gasteiger partial charge in [-0.3, -0.25) is 14.1 Å². The van der Waals surface area contributed by atoms with Gasteiger partial charge in [-0.2, -0.15) is 0 Å². The fourth-order valence-electron chi connectivity index (χ4n) is 9.95. The Balaban J connectivity index is 1.22. The van der Waals surface area contributed by atoms with Gasteiger partial charge in [0, 0.05) is 33.6 Å². The van der Waals surface area contributed by atoms with E-state index in [1.54, 1.807) is 18.2 Å². The number of aliphatic hydroxyl groups is 2. The van der Waals surface area contributed by atoms with E-state index in [9.17, 15) is 34.2 Å². The number of aliphatic hydroxyl groups excluding tert-OH is 2. The molecule has 7 rings (SSSR count). The van der Waals surface area contributed by atoms with Crippen molar-refractivity contribution in [1.82, 2.24) is 0 Å². The van der Waals surface area contributed by atoms with Crippen LogP contribution < -0.4 is 5.73 Å². The minimum Gasteiger partial charge on any atom is -0.398 e. The Morgan fingerprint density at radius 1 is 1.15 bits per heavy atom. The molecular weight excluding hydrogens is 637 g/mol. The van der Waals surface area contributed by atoms with Gasteiger partial charge in [0.2, 0.25) is 0 Å². The predicted octanol–water partition coefficient (Wildman–Crippen LogP) is 4.07. The highest BCUT2D eigenvalue weighted by Crippen LogP contribution is 2.70. The molecule has 9 atom stereocenters. The topological polar surface area (TPSA) is 186 Å². The molecule has 11 nitrogen and oxygen atoms in total. The van der Waals surface area contributed by atoms with E-state index in [0.29, 0.717) is 36.1 Å². The fraction of sp³-hybridized carbons (Fsp3) is 0.500. The third-order valence-electron chi connectivity index (χ3n) is 12.0. The summed E-state index contributed by atoms with van der Waals surface area (Å²) in [7, 11) is -4.98. The lowest BCUT2D eigenvalue weighted by atomic mass is 9.46. The molecule has 0 radical (unpaired) electrons. The Morgan fingerprint density at radius 3 is 2.65 bits per heavy atom. The number of carbonyl (C=O) groups is 2. The van der Waals surface area contributed by atoms with Gasteiger partial charge in [0.1, 0.15) is 6.61 Å². The molecule has 1 aliphatic heterocycles. The van der Waals surface area contributed by atoms with E-state index in [0.717, 1.165) is 23.1 Å². The molecule has 0 aromatic heterocycles. The van der Waals surface area contributed by atoms with Crippen molar-refractivity contribution in [3.63, 3.8) is 0 Å². The lowest BCUT2D eigenvalue weighted by molar-refractivity contribution is -0.200. The minimum atomic E-state index is -4.98. The summed E-state index contributed by atoms with van der Waals surface area (Å²) in [6, 6.07) is 13.1. The van der Waals surface area contributed by atoms with Crippen LogP contribution in [0.3, 0.4) is 0 Å². The number of nitrogens with two attached hydrogens (primary N) is 1. The van der Waals surface area contributed by atoms with E-state index in [4.69, 9.17) is 19.7 Å². The number of allylic oxidation sites excluding steroid dienone is 4. The van der Waals surface area contributed by atoms with Gasteiger partial charge in [-0.25, -0.2) is 4.57 Å². The number of ketones is 2. The van der Waals surface area contributed by atoms with Gasteiger partial charge in [-0.15, -0.1) is 0 Å². The Morgan fingerprint density at radius 2 is 1.92 bits per heavy atom. The van der Waals surface area contributed by atoms with Crippen LogP contribution in [0.25, 0.3) is 0 Å². The molecule has 1 heterocycles. The number of Topliss-reactive ketones (excluding diaryl/α,β-unsaturated/α-hetero) is 1. The Kier molecular flexibility index (Phi) is 8.25. The molecular formula is C36H42NO10P. The fourth-order valence-corrected chi connectivity index (χ4v) is 10.2. The number of ether oxygens (including phenoxy) is 2. The molecule has 0 spiro atoms. The number of hydrogen-bond acceptors (Lipinski definition) is 9. The number of phosphoric ester groups is 1. The molecule has 0 bridgehead atoms. The number of rotatable bonds is 8. The van der Waals surface area contributed by atoms with Crippen molar-refractivity contribution >= 4 is 25.1 Å². The van der Waals surface area contributed by atoms with Crippen LogP contribution in [0.2, 0.25) is 0 Å². The van der Waals surface area contributed by atoms with Crippen LogP contribution >= 0.6 is 7.82 Å². The second kappa shape index (κ2) is 11.8. The number of fused-ring (bicyclic) bond motifs is 7. The molecule has 4 aliphatic carbocycles. The second-order valence-corrected chi connectivity index (χ2v) is 15.8. The largest absolute Gasteiger partial charge is 0.470 e. The quantitative estimate of drug-likeness (QED) is 0.200. The van der Waals surface area contributed by atoms with Gasteiger partial charge in [0.15, 0.2) is 23.5 Å². The molecule has 5 aliphatic rings. The monoisotopic (exact) mass is 679 g/mol. The van der Waals surface area contributed by atoms with Crippen molar-refractivity contribution in [3.05, 3.63) is 88.5 Å². The van der Waals surface area contributed by atoms with E-state index in [1.165, 1.54) is 0 Å². The number of nitrogen functional groups attached to an aromatic ring is 1. The first-order valence-electron chi connectivity index (χ1n) is 16.4. The van der Waals surface area contributed by atoms with Crippen LogP contribution in [0.1, 0.15) is 68.1 Å². The molecule has 4 fully saturated rings. The van der Waals surface area contributed by atoms with E-state index in [1.807, 2.05) is 49.4 Å². The minimum absolute atomic E-state index is 0.0182. The van der Waals surface area contributed by atoms with Crippen molar-refractivity contribution in [2.24, 2.45) is 28.6 Å². The average Bonchev–Trinajstić information content (AvgIpc) is 3.53.